The van der Waals surface area contributed by atoms with Gasteiger partial charge < -0.3 is 15.0 Å². The Labute approximate surface area is 138 Å². The van der Waals surface area contributed by atoms with Gasteiger partial charge in [0.05, 0.1) is 11.8 Å². The van der Waals surface area contributed by atoms with Crippen molar-refractivity contribution < 1.29 is 22.7 Å². The number of rotatable bonds is 6. The first-order chi connectivity index (χ1) is 10.4. The maximum atomic E-state index is 12.0. The molecule has 1 fully saturated rings. The smallest absolute Gasteiger partial charge is 0.410 e. The maximum Gasteiger partial charge on any atom is 0.410 e. The van der Waals surface area contributed by atoms with Gasteiger partial charge in [0, 0.05) is 25.6 Å². The van der Waals surface area contributed by atoms with Crippen molar-refractivity contribution in [3.05, 3.63) is 0 Å². The SMILES string of the molecule is CCNC(=O)C(C)NS(=O)(=O)CC1CN(C(=O)OC(C)(C)C)C1. The Morgan fingerprint density at radius 3 is 2.35 bits per heavy atom. The van der Waals surface area contributed by atoms with Crippen LogP contribution < -0.4 is 10.0 Å². The zero-order valence-corrected chi connectivity index (χ0v) is 15.2. The van der Waals surface area contributed by atoms with E-state index in [1.54, 1.807) is 27.7 Å². The topological polar surface area (TPSA) is 105 Å². The first-order valence-electron chi connectivity index (χ1n) is 7.69. The van der Waals surface area contributed by atoms with Crippen LogP contribution in [-0.2, 0) is 19.6 Å². The van der Waals surface area contributed by atoms with E-state index in [1.165, 1.54) is 11.8 Å². The summed E-state index contributed by atoms with van der Waals surface area (Å²) in [5.74, 6) is -0.628. The highest BCUT2D eigenvalue weighted by Crippen LogP contribution is 2.20. The van der Waals surface area contributed by atoms with Crippen molar-refractivity contribution in [3.8, 4) is 0 Å². The lowest BCUT2D eigenvalue weighted by Gasteiger charge is -2.39. The Morgan fingerprint density at radius 1 is 1.30 bits per heavy atom. The minimum Gasteiger partial charge on any atom is -0.444 e. The lowest BCUT2D eigenvalue weighted by molar-refractivity contribution is -0.122. The largest absolute Gasteiger partial charge is 0.444 e. The van der Waals surface area contributed by atoms with Gasteiger partial charge >= 0.3 is 6.09 Å². The molecule has 134 valence electrons. The lowest BCUT2D eigenvalue weighted by atomic mass is 10.0. The van der Waals surface area contributed by atoms with Gasteiger partial charge in [-0.3, -0.25) is 4.79 Å². The van der Waals surface area contributed by atoms with Crippen molar-refractivity contribution >= 4 is 22.0 Å². The molecule has 0 saturated carbocycles. The third-order valence-corrected chi connectivity index (χ3v) is 4.79. The highest BCUT2D eigenvalue weighted by molar-refractivity contribution is 7.89. The lowest BCUT2D eigenvalue weighted by Crippen LogP contribution is -2.55. The van der Waals surface area contributed by atoms with Crippen LogP contribution >= 0.6 is 0 Å². The highest BCUT2D eigenvalue weighted by atomic mass is 32.2. The molecule has 9 heteroatoms. The molecule has 1 aliphatic rings. The summed E-state index contributed by atoms with van der Waals surface area (Å²) in [6.07, 6.45) is -0.435. The van der Waals surface area contributed by atoms with Crippen LogP contribution in [0.1, 0.15) is 34.6 Å². The van der Waals surface area contributed by atoms with Gasteiger partial charge in [-0.25, -0.2) is 17.9 Å². The number of sulfonamides is 1. The zero-order valence-electron chi connectivity index (χ0n) is 14.4. The van der Waals surface area contributed by atoms with Crippen molar-refractivity contribution in [2.75, 3.05) is 25.4 Å². The van der Waals surface area contributed by atoms with Crippen LogP contribution in [0, 0.1) is 5.92 Å². The van der Waals surface area contributed by atoms with Crippen LogP contribution in [0.2, 0.25) is 0 Å². The van der Waals surface area contributed by atoms with Gasteiger partial charge in [0.15, 0.2) is 0 Å². The normalized spacial score (nSPS) is 17.3. The Morgan fingerprint density at radius 2 is 1.87 bits per heavy atom. The Kier molecular flexibility index (Phi) is 6.41. The number of nitrogens with zero attached hydrogens (tertiary/aromatic N) is 1. The zero-order chi connectivity index (χ0) is 17.8. The Balaban J connectivity index is 2.41. The quantitative estimate of drug-likeness (QED) is 0.717. The maximum absolute atomic E-state index is 12.0. The molecule has 8 nitrogen and oxygen atoms in total. The number of amides is 2. The number of nitrogens with one attached hydrogen (secondary N) is 2. The first kappa shape index (κ1) is 19.7. The molecule has 1 atom stereocenters. The van der Waals surface area contributed by atoms with Crippen molar-refractivity contribution in [1.82, 2.24) is 14.9 Å². The molecule has 1 aliphatic heterocycles. The summed E-state index contributed by atoms with van der Waals surface area (Å²) in [5, 5.41) is 2.56. The van der Waals surface area contributed by atoms with Crippen LogP contribution in [-0.4, -0.2) is 62.3 Å². The van der Waals surface area contributed by atoms with E-state index in [9.17, 15) is 18.0 Å². The molecule has 0 radical (unpaired) electrons. The highest BCUT2D eigenvalue weighted by Gasteiger charge is 2.36. The van der Waals surface area contributed by atoms with Crippen LogP contribution in [0.3, 0.4) is 0 Å². The second-order valence-corrected chi connectivity index (χ2v) is 8.57. The number of hydrogen-bond donors (Lipinski definition) is 2. The van der Waals surface area contributed by atoms with Crippen LogP contribution in [0.15, 0.2) is 0 Å². The molecule has 0 spiro atoms. The summed E-state index contributed by atoms with van der Waals surface area (Å²) in [5.41, 5.74) is -0.572. The number of carbonyl (C=O) groups excluding carboxylic acids is 2. The predicted octanol–water partition coefficient (Wildman–Crippen LogP) is 0.297. The fraction of sp³-hybridized carbons (Fsp3) is 0.857. The summed E-state index contributed by atoms with van der Waals surface area (Å²) < 4.78 is 31.6. The molecule has 0 bridgehead atoms. The minimum atomic E-state index is -3.58. The van der Waals surface area contributed by atoms with Gasteiger partial charge in [-0.05, 0) is 34.6 Å². The summed E-state index contributed by atoms with van der Waals surface area (Å²) in [6.45, 7) is 9.71. The number of likely N-dealkylation sites (N-methyl/N-ethyl adjacent to an activating group) is 1. The van der Waals surface area contributed by atoms with Gasteiger partial charge in [0.1, 0.15) is 5.60 Å². The van der Waals surface area contributed by atoms with Gasteiger partial charge in [-0.15, -0.1) is 0 Å². The number of ether oxygens (including phenoxy) is 1. The predicted molar refractivity (Wildman–Crippen MR) is 86.4 cm³/mol. The number of likely N-dealkylation sites (tertiary alicyclic amines) is 1. The molecule has 2 amide bonds. The van der Waals surface area contributed by atoms with Gasteiger partial charge in [-0.2, -0.15) is 0 Å². The molecule has 0 aromatic carbocycles. The van der Waals surface area contributed by atoms with E-state index in [2.05, 4.69) is 10.0 Å². The van der Waals surface area contributed by atoms with Crippen molar-refractivity contribution in [2.24, 2.45) is 5.92 Å². The molecular formula is C14H27N3O5S. The van der Waals surface area contributed by atoms with Crippen LogP contribution in [0.25, 0.3) is 0 Å². The average molecular weight is 349 g/mol. The molecular weight excluding hydrogens is 322 g/mol. The molecule has 0 aromatic rings. The van der Waals surface area contributed by atoms with Crippen molar-refractivity contribution in [2.45, 2.75) is 46.3 Å². The van der Waals surface area contributed by atoms with E-state index >= 15 is 0 Å². The van der Waals surface area contributed by atoms with E-state index in [0.29, 0.717) is 19.6 Å². The fourth-order valence-electron chi connectivity index (χ4n) is 2.16. The summed E-state index contributed by atoms with van der Waals surface area (Å²) in [6, 6.07) is -0.818. The number of carbonyl (C=O) groups is 2. The van der Waals surface area contributed by atoms with E-state index in [0.717, 1.165) is 0 Å². The number of hydrogen-bond acceptors (Lipinski definition) is 5. The minimum absolute atomic E-state index is 0.115. The second kappa shape index (κ2) is 7.48. The molecule has 0 aromatic heterocycles. The standard InChI is InChI=1S/C14H27N3O5S/c1-6-15-12(18)10(2)16-23(20,21)9-11-7-17(8-11)13(19)22-14(3,4)5/h10-11,16H,6-9H2,1-5H3,(H,15,18). The third kappa shape index (κ3) is 6.74. The van der Waals surface area contributed by atoms with E-state index in [1.807, 2.05) is 0 Å². The van der Waals surface area contributed by atoms with Gasteiger partial charge in [0.25, 0.3) is 0 Å². The molecule has 1 unspecified atom stereocenters. The molecule has 23 heavy (non-hydrogen) atoms. The van der Waals surface area contributed by atoms with Crippen LogP contribution in [0.5, 0.6) is 0 Å². The van der Waals surface area contributed by atoms with Gasteiger partial charge in [0.2, 0.25) is 15.9 Å². The molecule has 1 saturated heterocycles. The Hall–Kier alpha value is -1.35. The third-order valence-electron chi connectivity index (χ3n) is 3.16. The second-order valence-electron chi connectivity index (χ2n) is 6.77. The van der Waals surface area contributed by atoms with Crippen molar-refractivity contribution in [3.63, 3.8) is 0 Å². The molecule has 2 N–H and O–H groups in total. The van der Waals surface area contributed by atoms with E-state index in [-0.39, 0.29) is 17.6 Å². The molecule has 1 rings (SSSR count). The van der Waals surface area contributed by atoms with Crippen molar-refractivity contribution in [1.29, 1.82) is 0 Å². The fourth-order valence-corrected chi connectivity index (χ4v) is 3.73. The molecule has 1 heterocycles. The average Bonchev–Trinajstić information content (AvgIpc) is 2.30. The Bertz CT molecular complexity index is 535. The summed E-state index contributed by atoms with van der Waals surface area (Å²) in [7, 11) is -3.58. The monoisotopic (exact) mass is 349 g/mol. The summed E-state index contributed by atoms with van der Waals surface area (Å²) in [4.78, 5) is 24.8. The van der Waals surface area contributed by atoms with E-state index < -0.39 is 27.8 Å². The van der Waals surface area contributed by atoms with Crippen LogP contribution in [0.4, 0.5) is 4.79 Å². The first-order valence-corrected chi connectivity index (χ1v) is 9.34. The van der Waals surface area contributed by atoms with E-state index in [4.69, 9.17) is 4.74 Å². The van der Waals surface area contributed by atoms with Gasteiger partial charge in [-0.1, -0.05) is 0 Å². The molecule has 0 aliphatic carbocycles. The summed E-state index contributed by atoms with van der Waals surface area (Å²) >= 11 is 0.